The summed E-state index contributed by atoms with van der Waals surface area (Å²) in [4.78, 5) is 16.8. The summed E-state index contributed by atoms with van der Waals surface area (Å²) >= 11 is 1.52. The zero-order valence-corrected chi connectivity index (χ0v) is 15.4. The van der Waals surface area contributed by atoms with Gasteiger partial charge in [-0.15, -0.1) is 21.5 Å². The first-order valence-electron chi connectivity index (χ1n) is 8.37. The maximum absolute atomic E-state index is 12.3. The van der Waals surface area contributed by atoms with E-state index >= 15 is 0 Å². The second-order valence-corrected chi connectivity index (χ2v) is 6.73. The van der Waals surface area contributed by atoms with Crippen LogP contribution in [0.25, 0.3) is 16.2 Å². The van der Waals surface area contributed by atoms with Crippen LogP contribution in [0.15, 0.2) is 54.0 Å². The highest BCUT2D eigenvalue weighted by Gasteiger charge is 2.11. The Kier molecular flexibility index (Phi) is 4.80. The lowest BCUT2D eigenvalue weighted by Gasteiger charge is -2.03. The standard InChI is InChI=1S/C19H17N5O2S/c1-26-15-7-5-13(6-8-15)19-21-14(12-27-19)10-18(25)20-11-17-23-22-16-4-2-3-9-24(16)17/h2-9,12H,10-11H2,1H3,(H,20,25). The van der Waals surface area contributed by atoms with Crippen molar-refractivity contribution in [3.05, 3.63) is 65.6 Å². The molecule has 0 aliphatic carbocycles. The van der Waals surface area contributed by atoms with Crippen LogP contribution in [0.4, 0.5) is 0 Å². The first-order chi connectivity index (χ1) is 13.2. The van der Waals surface area contributed by atoms with Crippen molar-refractivity contribution >= 4 is 22.9 Å². The molecule has 4 rings (SSSR count). The van der Waals surface area contributed by atoms with Gasteiger partial charge < -0.3 is 10.1 Å². The SMILES string of the molecule is COc1ccc(-c2nc(CC(=O)NCc3nnc4ccccn34)cs2)cc1. The van der Waals surface area contributed by atoms with Gasteiger partial charge in [-0.25, -0.2) is 4.98 Å². The molecular weight excluding hydrogens is 362 g/mol. The van der Waals surface area contributed by atoms with E-state index in [0.29, 0.717) is 12.4 Å². The number of benzene rings is 1. The Hall–Kier alpha value is -3.26. The largest absolute Gasteiger partial charge is 0.497 e. The number of nitrogens with zero attached hydrogens (tertiary/aromatic N) is 4. The fourth-order valence-electron chi connectivity index (χ4n) is 2.67. The first kappa shape index (κ1) is 17.2. The number of methoxy groups -OCH3 is 1. The molecule has 1 amide bonds. The number of hydrogen-bond donors (Lipinski definition) is 1. The predicted octanol–water partition coefficient (Wildman–Crippen LogP) is 2.72. The van der Waals surface area contributed by atoms with Gasteiger partial charge in [-0.1, -0.05) is 6.07 Å². The van der Waals surface area contributed by atoms with Crippen molar-refractivity contribution in [2.45, 2.75) is 13.0 Å². The molecule has 0 bridgehead atoms. The molecular formula is C19H17N5O2S. The van der Waals surface area contributed by atoms with Crippen molar-refractivity contribution in [1.29, 1.82) is 0 Å². The monoisotopic (exact) mass is 379 g/mol. The lowest BCUT2D eigenvalue weighted by Crippen LogP contribution is -2.25. The van der Waals surface area contributed by atoms with Gasteiger partial charge in [0, 0.05) is 17.1 Å². The van der Waals surface area contributed by atoms with Crippen LogP contribution in [0.5, 0.6) is 5.75 Å². The molecule has 7 nitrogen and oxygen atoms in total. The minimum Gasteiger partial charge on any atom is -0.497 e. The molecule has 3 aromatic heterocycles. The van der Waals surface area contributed by atoms with E-state index in [9.17, 15) is 4.79 Å². The summed E-state index contributed by atoms with van der Waals surface area (Å²) in [7, 11) is 1.64. The lowest BCUT2D eigenvalue weighted by molar-refractivity contribution is -0.120. The number of pyridine rings is 1. The van der Waals surface area contributed by atoms with E-state index in [1.54, 1.807) is 7.11 Å². The lowest BCUT2D eigenvalue weighted by atomic mass is 10.2. The van der Waals surface area contributed by atoms with Gasteiger partial charge in [-0.2, -0.15) is 0 Å². The van der Waals surface area contributed by atoms with E-state index in [1.807, 2.05) is 58.4 Å². The molecule has 8 heteroatoms. The molecule has 136 valence electrons. The fraction of sp³-hybridized carbons (Fsp3) is 0.158. The first-order valence-corrected chi connectivity index (χ1v) is 9.25. The van der Waals surface area contributed by atoms with Gasteiger partial charge in [0.25, 0.3) is 0 Å². The fourth-order valence-corrected chi connectivity index (χ4v) is 3.50. The minimum absolute atomic E-state index is 0.103. The van der Waals surface area contributed by atoms with Crippen molar-refractivity contribution in [3.8, 4) is 16.3 Å². The number of fused-ring (bicyclic) bond motifs is 1. The maximum Gasteiger partial charge on any atom is 0.226 e. The minimum atomic E-state index is -0.103. The van der Waals surface area contributed by atoms with E-state index in [0.717, 1.165) is 27.7 Å². The van der Waals surface area contributed by atoms with Crippen LogP contribution >= 0.6 is 11.3 Å². The summed E-state index contributed by atoms with van der Waals surface area (Å²) < 4.78 is 7.02. The van der Waals surface area contributed by atoms with E-state index in [-0.39, 0.29) is 12.3 Å². The second-order valence-electron chi connectivity index (χ2n) is 5.87. The molecule has 0 saturated carbocycles. The predicted molar refractivity (Wildman–Crippen MR) is 103 cm³/mol. The normalized spacial score (nSPS) is 10.9. The summed E-state index contributed by atoms with van der Waals surface area (Å²) in [6, 6.07) is 13.4. The Morgan fingerprint density at radius 2 is 2.04 bits per heavy atom. The summed E-state index contributed by atoms with van der Waals surface area (Å²) in [5, 5.41) is 13.8. The van der Waals surface area contributed by atoms with Crippen LogP contribution < -0.4 is 10.1 Å². The zero-order chi connectivity index (χ0) is 18.6. The summed E-state index contributed by atoms with van der Waals surface area (Å²) in [5.41, 5.74) is 2.50. The highest BCUT2D eigenvalue weighted by Crippen LogP contribution is 2.25. The molecule has 0 fully saturated rings. The maximum atomic E-state index is 12.3. The van der Waals surface area contributed by atoms with Crippen LogP contribution in [0.2, 0.25) is 0 Å². The average molecular weight is 379 g/mol. The molecule has 0 unspecified atom stereocenters. The zero-order valence-electron chi connectivity index (χ0n) is 14.6. The Morgan fingerprint density at radius 1 is 1.19 bits per heavy atom. The van der Waals surface area contributed by atoms with Gasteiger partial charge >= 0.3 is 0 Å². The van der Waals surface area contributed by atoms with Gasteiger partial charge in [-0.3, -0.25) is 9.20 Å². The van der Waals surface area contributed by atoms with Crippen molar-refractivity contribution in [3.63, 3.8) is 0 Å². The van der Waals surface area contributed by atoms with Gasteiger partial charge in [0.15, 0.2) is 11.5 Å². The molecule has 0 spiro atoms. The Balaban J connectivity index is 1.37. The van der Waals surface area contributed by atoms with E-state index in [1.165, 1.54) is 11.3 Å². The van der Waals surface area contributed by atoms with Gasteiger partial charge in [0.2, 0.25) is 5.91 Å². The summed E-state index contributed by atoms with van der Waals surface area (Å²) in [5.74, 6) is 1.39. The molecule has 0 radical (unpaired) electrons. The van der Waals surface area contributed by atoms with Crippen molar-refractivity contribution in [1.82, 2.24) is 24.9 Å². The number of rotatable bonds is 6. The number of thiazole rings is 1. The second kappa shape index (κ2) is 7.55. The smallest absolute Gasteiger partial charge is 0.226 e. The number of ether oxygens (including phenoxy) is 1. The van der Waals surface area contributed by atoms with Crippen molar-refractivity contribution in [2.24, 2.45) is 0 Å². The average Bonchev–Trinajstić information content (AvgIpc) is 3.33. The summed E-state index contributed by atoms with van der Waals surface area (Å²) in [6.07, 6.45) is 2.10. The number of carbonyl (C=O) groups is 1. The molecule has 0 aliphatic rings. The van der Waals surface area contributed by atoms with Gasteiger partial charge in [-0.05, 0) is 36.4 Å². The van der Waals surface area contributed by atoms with Crippen LogP contribution in [0.3, 0.4) is 0 Å². The molecule has 0 saturated heterocycles. The van der Waals surface area contributed by atoms with E-state index in [4.69, 9.17) is 4.74 Å². The topological polar surface area (TPSA) is 81.4 Å². The number of hydrogen-bond acceptors (Lipinski definition) is 6. The Morgan fingerprint density at radius 3 is 2.85 bits per heavy atom. The number of aromatic nitrogens is 4. The van der Waals surface area contributed by atoms with Gasteiger partial charge in [0.1, 0.15) is 10.8 Å². The van der Waals surface area contributed by atoms with Crippen LogP contribution in [-0.4, -0.2) is 32.6 Å². The third-order valence-electron chi connectivity index (χ3n) is 4.06. The van der Waals surface area contributed by atoms with E-state index in [2.05, 4.69) is 20.5 Å². The highest BCUT2D eigenvalue weighted by atomic mass is 32.1. The Bertz CT molecular complexity index is 1070. The molecule has 1 aromatic carbocycles. The van der Waals surface area contributed by atoms with Gasteiger partial charge in [0.05, 0.1) is 25.8 Å². The summed E-state index contributed by atoms with van der Waals surface area (Å²) in [6.45, 7) is 0.319. The van der Waals surface area contributed by atoms with Crippen molar-refractivity contribution in [2.75, 3.05) is 7.11 Å². The van der Waals surface area contributed by atoms with Crippen LogP contribution in [0.1, 0.15) is 11.5 Å². The number of amides is 1. The quantitative estimate of drug-likeness (QED) is 0.557. The Labute approximate surface area is 159 Å². The third kappa shape index (κ3) is 3.80. The molecule has 0 atom stereocenters. The number of nitrogens with one attached hydrogen (secondary N) is 1. The molecule has 0 aliphatic heterocycles. The molecule has 27 heavy (non-hydrogen) atoms. The van der Waals surface area contributed by atoms with Crippen LogP contribution in [-0.2, 0) is 17.8 Å². The van der Waals surface area contributed by atoms with E-state index < -0.39 is 0 Å². The number of carbonyl (C=O) groups excluding carboxylic acids is 1. The molecule has 3 heterocycles. The van der Waals surface area contributed by atoms with Crippen molar-refractivity contribution < 1.29 is 9.53 Å². The molecule has 4 aromatic rings. The highest BCUT2D eigenvalue weighted by molar-refractivity contribution is 7.13. The third-order valence-corrected chi connectivity index (χ3v) is 5.00. The van der Waals surface area contributed by atoms with Crippen LogP contribution in [0, 0.1) is 0 Å². The molecule has 1 N–H and O–H groups in total.